The maximum Gasteiger partial charge on any atom is 0.232 e. The summed E-state index contributed by atoms with van der Waals surface area (Å²) in [6.07, 6.45) is 1.37. The van der Waals surface area contributed by atoms with Gasteiger partial charge >= 0.3 is 0 Å². The van der Waals surface area contributed by atoms with Gasteiger partial charge in [-0.1, -0.05) is 24.3 Å². The van der Waals surface area contributed by atoms with Crippen LogP contribution >= 0.6 is 0 Å². The van der Waals surface area contributed by atoms with E-state index in [0.29, 0.717) is 18.0 Å². The molecule has 2 aromatic carbocycles. The number of rotatable bonds is 11. The number of halogens is 1. The Morgan fingerprint density at radius 2 is 1.76 bits per heavy atom. The number of sulfonamides is 1. The van der Waals surface area contributed by atoms with Gasteiger partial charge < -0.3 is 14.8 Å². The second kappa shape index (κ2) is 10.7. The zero-order valence-electron chi connectivity index (χ0n) is 16.4. The number of carbonyl (C=O) groups is 1. The number of ether oxygens (including phenoxy) is 2. The average Bonchev–Trinajstić information content (AvgIpc) is 2.69. The number of methoxy groups -OCH3 is 1. The number of hydrogen-bond acceptors (Lipinski definition) is 5. The number of anilines is 1. The maximum absolute atomic E-state index is 13.9. The lowest BCUT2D eigenvalue weighted by molar-refractivity contribution is -0.121. The number of para-hydroxylation sites is 3. The molecule has 0 atom stereocenters. The SMILES string of the molecule is COc1ccccc1OCCNC(=O)CCCN(c1ccccc1F)S(C)(=O)=O. The van der Waals surface area contributed by atoms with Crippen LogP contribution in [0.1, 0.15) is 12.8 Å². The Labute approximate surface area is 170 Å². The third-order valence-electron chi connectivity index (χ3n) is 4.04. The molecule has 0 saturated heterocycles. The van der Waals surface area contributed by atoms with Crippen LogP contribution in [-0.2, 0) is 14.8 Å². The zero-order chi connectivity index (χ0) is 21.3. The molecule has 9 heteroatoms. The first-order valence-electron chi connectivity index (χ1n) is 9.07. The predicted molar refractivity (Wildman–Crippen MR) is 109 cm³/mol. The highest BCUT2D eigenvalue weighted by Crippen LogP contribution is 2.25. The Balaban J connectivity index is 1.77. The number of benzene rings is 2. The van der Waals surface area contributed by atoms with Gasteiger partial charge in [0, 0.05) is 13.0 Å². The first-order chi connectivity index (χ1) is 13.8. The van der Waals surface area contributed by atoms with E-state index in [1.54, 1.807) is 25.3 Å². The van der Waals surface area contributed by atoms with Crippen molar-refractivity contribution in [2.75, 3.05) is 37.4 Å². The molecule has 29 heavy (non-hydrogen) atoms. The van der Waals surface area contributed by atoms with Gasteiger partial charge in [0.1, 0.15) is 12.4 Å². The van der Waals surface area contributed by atoms with E-state index in [1.165, 1.54) is 18.2 Å². The van der Waals surface area contributed by atoms with E-state index >= 15 is 0 Å². The molecule has 0 aliphatic carbocycles. The van der Waals surface area contributed by atoms with Gasteiger partial charge in [0.2, 0.25) is 15.9 Å². The molecule has 7 nitrogen and oxygen atoms in total. The minimum absolute atomic E-state index is 0.00486. The van der Waals surface area contributed by atoms with E-state index in [4.69, 9.17) is 9.47 Å². The molecule has 0 saturated carbocycles. The van der Waals surface area contributed by atoms with Gasteiger partial charge in [-0.15, -0.1) is 0 Å². The van der Waals surface area contributed by atoms with Crippen molar-refractivity contribution in [2.45, 2.75) is 12.8 Å². The lowest BCUT2D eigenvalue weighted by Crippen LogP contribution is -2.33. The Morgan fingerprint density at radius 3 is 2.41 bits per heavy atom. The minimum Gasteiger partial charge on any atom is -0.493 e. The van der Waals surface area contributed by atoms with Crippen molar-refractivity contribution in [3.8, 4) is 11.5 Å². The third kappa shape index (κ3) is 6.94. The molecule has 0 unspecified atom stereocenters. The summed E-state index contributed by atoms with van der Waals surface area (Å²) < 4.78 is 49.6. The average molecular weight is 424 g/mol. The molecule has 1 N–H and O–H groups in total. The molecule has 0 bridgehead atoms. The van der Waals surface area contributed by atoms with Gasteiger partial charge in [-0.05, 0) is 30.7 Å². The van der Waals surface area contributed by atoms with Gasteiger partial charge in [-0.2, -0.15) is 0 Å². The molecule has 0 spiro atoms. The topological polar surface area (TPSA) is 84.9 Å². The highest BCUT2D eigenvalue weighted by atomic mass is 32.2. The summed E-state index contributed by atoms with van der Waals surface area (Å²) in [5, 5.41) is 2.71. The van der Waals surface area contributed by atoms with E-state index in [1.807, 2.05) is 12.1 Å². The molecule has 0 aliphatic heterocycles. The van der Waals surface area contributed by atoms with Gasteiger partial charge in [0.05, 0.1) is 25.6 Å². The fraction of sp³-hybridized carbons (Fsp3) is 0.350. The monoisotopic (exact) mass is 424 g/mol. The highest BCUT2D eigenvalue weighted by molar-refractivity contribution is 7.92. The van der Waals surface area contributed by atoms with Crippen molar-refractivity contribution < 1.29 is 27.1 Å². The van der Waals surface area contributed by atoms with Crippen LogP contribution in [0, 0.1) is 5.82 Å². The zero-order valence-corrected chi connectivity index (χ0v) is 17.2. The van der Waals surface area contributed by atoms with Crippen LogP contribution in [0.2, 0.25) is 0 Å². The fourth-order valence-electron chi connectivity index (χ4n) is 2.68. The quantitative estimate of drug-likeness (QED) is 0.561. The van der Waals surface area contributed by atoms with Gasteiger partial charge in [0.25, 0.3) is 0 Å². The Morgan fingerprint density at radius 1 is 1.10 bits per heavy atom. The third-order valence-corrected chi connectivity index (χ3v) is 5.22. The summed E-state index contributed by atoms with van der Waals surface area (Å²) in [5.74, 6) is 0.317. The van der Waals surface area contributed by atoms with Crippen LogP contribution in [0.3, 0.4) is 0 Å². The van der Waals surface area contributed by atoms with E-state index in [2.05, 4.69) is 5.32 Å². The smallest absolute Gasteiger partial charge is 0.232 e. The van der Waals surface area contributed by atoms with Crippen LogP contribution in [0.5, 0.6) is 11.5 Å². The second-order valence-corrected chi connectivity index (χ2v) is 8.15. The Hall–Kier alpha value is -2.81. The summed E-state index contributed by atoms with van der Waals surface area (Å²) >= 11 is 0. The van der Waals surface area contributed by atoms with Gasteiger partial charge in [-0.25, -0.2) is 12.8 Å². The van der Waals surface area contributed by atoms with Gasteiger partial charge in [-0.3, -0.25) is 9.10 Å². The van der Waals surface area contributed by atoms with Crippen molar-refractivity contribution >= 4 is 21.6 Å². The molecule has 158 valence electrons. The van der Waals surface area contributed by atoms with E-state index in [0.717, 1.165) is 10.6 Å². The Kier molecular flexibility index (Phi) is 8.26. The number of hydrogen-bond donors (Lipinski definition) is 1. The first-order valence-corrected chi connectivity index (χ1v) is 10.9. The van der Waals surface area contributed by atoms with Crippen molar-refractivity contribution in [3.63, 3.8) is 0 Å². The summed E-state index contributed by atoms with van der Waals surface area (Å²) in [6, 6.07) is 12.8. The fourth-order valence-corrected chi connectivity index (χ4v) is 3.65. The molecule has 0 radical (unpaired) electrons. The van der Waals surface area contributed by atoms with Crippen molar-refractivity contribution in [1.82, 2.24) is 5.32 Å². The molecule has 0 aromatic heterocycles. The highest BCUT2D eigenvalue weighted by Gasteiger charge is 2.20. The number of nitrogens with zero attached hydrogens (tertiary/aromatic N) is 1. The van der Waals surface area contributed by atoms with E-state index < -0.39 is 15.8 Å². The Bertz CT molecular complexity index is 921. The van der Waals surface area contributed by atoms with Crippen LogP contribution in [0.15, 0.2) is 48.5 Å². The van der Waals surface area contributed by atoms with E-state index in [9.17, 15) is 17.6 Å². The number of carbonyl (C=O) groups excluding carboxylic acids is 1. The predicted octanol–water partition coefficient (Wildman–Crippen LogP) is 2.58. The summed E-state index contributed by atoms with van der Waals surface area (Å²) in [7, 11) is -2.12. The first kappa shape index (κ1) is 22.5. The van der Waals surface area contributed by atoms with Crippen molar-refractivity contribution in [2.24, 2.45) is 0 Å². The standard InChI is InChI=1S/C20H25FN2O5S/c1-27-18-10-5-6-11-19(18)28-15-13-22-20(24)12-7-14-23(29(2,25)26)17-9-4-3-8-16(17)21/h3-6,8-11H,7,12-15H2,1-2H3,(H,22,24). The summed E-state index contributed by atoms with van der Waals surface area (Å²) in [6.45, 7) is 0.557. The molecule has 0 aliphatic rings. The number of nitrogens with one attached hydrogen (secondary N) is 1. The molecular weight excluding hydrogens is 399 g/mol. The normalized spacial score (nSPS) is 11.0. The summed E-state index contributed by atoms with van der Waals surface area (Å²) in [5.41, 5.74) is -0.0272. The molecular formula is C20H25FN2O5S. The van der Waals surface area contributed by atoms with Crippen LogP contribution in [0.25, 0.3) is 0 Å². The molecule has 0 heterocycles. The van der Waals surface area contributed by atoms with Crippen LogP contribution in [-0.4, -0.2) is 47.4 Å². The maximum atomic E-state index is 13.9. The van der Waals surface area contributed by atoms with Gasteiger partial charge in [0.15, 0.2) is 11.5 Å². The lowest BCUT2D eigenvalue weighted by atomic mass is 10.2. The lowest BCUT2D eigenvalue weighted by Gasteiger charge is -2.22. The number of amides is 1. The minimum atomic E-state index is -3.67. The summed E-state index contributed by atoms with van der Waals surface area (Å²) in [4.78, 5) is 12.0. The van der Waals surface area contributed by atoms with E-state index in [-0.39, 0.29) is 37.6 Å². The largest absolute Gasteiger partial charge is 0.493 e. The molecule has 2 aromatic rings. The second-order valence-electron chi connectivity index (χ2n) is 6.24. The van der Waals surface area contributed by atoms with Crippen LogP contribution < -0.4 is 19.1 Å². The van der Waals surface area contributed by atoms with Crippen LogP contribution in [0.4, 0.5) is 10.1 Å². The van der Waals surface area contributed by atoms with Crippen molar-refractivity contribution in [3.05, 3.63) is 54.3 Å². The van der Waals surface area contributed by atoms with Crippen molar-refractivity contribution in [1.29, 1.82) is 0 Å². The molecule has 0 fully saturated rings. The molecule has 2 rings (SSSR count). The molecule has 1 amide bonds.